The molecule has 0 saturated heterocycles. The summed E-state index contributed by atoms with van der Waals surface area (Å²) in [5.41, 5.74) is 0.849. The van der Waals surface area contributed by atoms with Gasteiger partial charge in [-0.15, -0.1) is 0 Å². The Morgan fingerprint density at radius 2 is 1.89 bits per heavy atom. The Balaban J connectivity index is 2.55. The van der Waals surface area contributed by atoms with Crippen molar-refractivity contribution in [3.8, 4) is 5.75 Å². The molecule has 0 aliphatic heterocycles. The zero-order valence-corrected chi connectivity index (χ0v) is 12.2. The number of ether oxygens (including phenoxy) is 1. The molecule has 0 radical (unpaired) electrons. The lowest BCUT2D eigenvalue weighted by Gasteiger charge is -2.15. The zero-order chi connectivity index (χ0) is 14.3. The molecule has 0 aliphatic rings. The zero-order valence-electron chi connectivity index (χ0n) is 12.2. The molecule has 4 heteroatoms. The van der Waals surface area contributed by atoms with Gasteiger partial charge < -0.3 is 15.4 Å². The van der Waals surface area contributed by atoms with Crippen molar-refractivity contribution in [3.05, 3.63) is 24.3 Å². The highest BCUT2D eigenvalue weighted by Crippen LogP contribution is 2.23. The van der Waals surface area contributed by atoms with Gasteiger partial charge in [0.15, 0.2) is 0 Å². The van der Waals surface area contributed by atoms with Crippen LogP contribution in [-0.4, -0.2) is 25.1 Å². The number of amides is 1. The molecule has 0 atom stereocenters. The Bertz CT molecular complexity index is 403. The number of para-hydroxylation sites is 2. The molecule has 4 nitrogen and oxygen atoms in total. The third-order valence-corrected chi connectivity index (χ3v) is 2.35. The highest BCUT2D eigenvalue weighted by atomic mass is 16.5. The lowest BCUT2D eigenvalue weighted by molar-refractivity contribution is -0.119. The molecular formula is C15H24N2O2. The van der Waals surface area contributed by atoms with Gasteiger partial charge in [0.25, 0.3) is 0 Å². The number of anilines is 1. The lowest BCUT2D eigenvalue weighted by atomic mass is 10.2. The number of rotatable bonds is 7. The predicted octanol–water partition coefficient (Wildman–Crippen LogP) is 2.66. The van der Waals surface area contributed by atoms with Gasteiger partial charge in [-0.1, -0.05) is 26.0 Å². The SMILES string of the molecule is CC(C)COc1ccccc1NCC(=O)NC(C)C. The van der Waals surface area contributed by atoms with Crippen molar-refractivity contribution < 1.29 is 9.53 Å². The van der Waals surface area contributed by atoms with Crippen molar-refractivity contribution in [1.82, 2.24) is 5.32 Å². The summed E-state index contributed by atoms with van der Waals surface area (Å²) in [6, 6.07) is 7.82. The van der Waals surface area contributed by atoms with Gasteiger partial charge in [-0.25, -0.2) is 0 Å². The number of hydrogen-bond acceptors (Lipinski definition) is 3. The van der Waals surface area contributed by atoms with Crippen LogP contribution < -0.4 is 15.4 Å². The monoisotopic (exact) mass is 264 g/mol. The third kappa shape index (κ3) is 6.13. The highest BCUT2D eigenvalue weighted by Gasteiger charge is 2.07. The first kappa shape index (κ1) is 15.3. The van der Waals surface area contributed by atoms with Gasteiger partial charge in [-0.05, 0) is 31.9 Å². The Morgan fingerprint density at radius 3 is 2.53 bits per heavy atom. The van der Waals surface area contributed by atoms with Gasteiger partial charge in [0.1, 0.15) is 5.75 Å². The molecule has 0 heterocycles. The smallest absolute Gasteiger partial charge is 0.239 e. The number of nitrogens with one attached hydrogen (secondary N) is 2. The van der Waals surface area contributed by atoms with E-state index in [1.54, 1.807) is 0 Å². The summed E-state index contributed by atoms with van der Waals surface area (Å²) in [6.07, 6.45) is 0. The molecule has 2 N–H and O–H groups in total. The van der Waals surface area contributed by atoms with Crippen LogP contribution in [0.15, 0.2) is 24.3 Å². The molecule has 0 unspecified atom stereocenters. The molecule has 0 aliphatic carbocycles. The first-order valence-electron chi connectivity index (χ1n) is 6.74. The van der Waals surface area contributed by atoms with E-state index in [4.69, 9.17) is 4.74 Å². The summed E-state index contributed by atoms with van der Waals surface area (Å²) in [5, 5.41) is 5.95. The van der Waals surface area contributed by atoms with E-state index in [0.29, 0.717) is 12.5 Å². The summed E-state index contributed by atoms with van der Waals surface area (Å²) >= 11 is 0. The number of carbonyl (C=O) groups excluding carboxylic acids is 1. The Morgan fingerprint density at radius 1 is 1.21 bits per heavy atom. The van der Waals surface area contributed by atoms with Gasteiger partial charge in [-0.2, -0.15) is 0 Å². The van der Waals surface area contributed by atoms with Gasteiger partial charge in [0, 0.05) is 6.04 Å². The molecule has 0 aromatic heterocycles. The van der Waals surface area contributed by atoms with Crippen molar-refractivity contribution in [3.63, 3.8) is 0 Å². The molecule has 106 valence electrons. The second-order valence-electron chi connectivity index (χ2n) is 5.28. The molecular weight excluding hydrogens is 240 g/mol. The molecule has 1 aromatic rings. The normalized spacial score (nSPS) is 10.6. The summed E-state index contributed by atoms with van der Waals surface area (Å²) in [7, 11) is 0. The quantitative estimate of drug-likeness (QED) is 0.796. The summed E-state index contributed by atoms with van der Waals surface area (Å²) in [4.78, 5) is 11.6. The summed E-state index contributed by atoms with van der Waals surface area (Å²) in [5.74, 6) is 1.24. The van der Waals surface area contributed by atoms with Gasteiger partial charge in [-0.3, -0.25) is 4.79 Å². The van der Waals surface area contributed by atoms with E-state index in [0.717, 1.165) is 11.4 Å². The van der Waals surface area contributed by atoms with Crippen molar-refractivity contribution in [2.45, 2.75) is 33.7 Å². The molecule has 1 rings (SSSR count). The third-order valence-electron chi connectivity index (χ3n) is 2.35. The average Bonchev–Trinajstić information content (AvgIpc) is 2.34. The van der Waals surface area contributed by atoms with Crippen LogP contribution in [0.1, 0.15) is 27.7 Å². The van der Waals surface area contributed by atoms with Crippen LogP contribution >= 0.6 is 0 Å². The highest BCUT2D eigenvalue weighted by molar-refractivity contribution is 5.81. The molecule has 19 heavy (non-hydrogen) atoms. The Kier molecular flexibility index (Phi) is 6.19. The molecule has 0 bridgehead atoms. The van der Waals surface area contributed by atoms with E-state index in [1.165, 1.54) is 0 Å². The fourth-order valence-corrected chi connectivity index (χ4v) is 1.54. The second-order valence-corrected chi connectivity index (χ2v) is 5.28. The molecule has 0 saturated carbocycles. The maximum absolute atomic E-state index is 11.6. The van der Waals surface area contributed by atoms with Crippen molar-refractivity contribution in [1.29, 1.82) is 0 Å². The maximum Gasteiger partial charge on any atom is 0.239 e. The molecule has 0 fully saturated rings. The topological polar surface area (TPSA) is 50.4 Å². The molecule has 1 aromatic carbocycles. The van der Waals surface area contributed by atoms with Crippen molar-refractivity contribution in [2.75, 3.05) is 18.5 Å². The maximum atomic E-state index is 11.6. The average molecular weight is 264 g/mol. The van der Waals surface area contributed by atoms with Crippen molar-refractivity contribution >= 4 is 11.6 Å². The Labute approximate surface area is 115 Å². The number of benzene rings is 1. The second kappa shape index (κ2) is 7.67. The minimum Gasteiger partial charge on any atom is -0.491 e. The fourth-order valence-electron chi connectivity index (χ4n) is 1.54. The van der Waals surface area contributed by atoms with E-state index < -0.39 is 0 Å². The van der Waals surface area contributed by atoms with E-state index in [1.807, 2.05) is 38.1 Å². The largest absolute Gasteiger partial charge is 0.491 e. The molecule has 1 amide bonds. The predicted molar refractivity (Wildman–Crippen MR) is 78.5 cm³/mol. The van der Waals surface area contributed by atoms with E-state index in [2.05, 4.69) is 24.5 Å². The molecule has 0 spiro atoms. The van der Waals surface area contributed by atoms with Crippen molar-refractivity contribution in [2.24, 2.45) is 5.92 Å². The van der Waals surface area contributed by atoms with Crippen LogP contribution in [-0.2, 0) is 4.79 Å². The number of hydrogen-bond donors (Lipinski definition) is 2. The van der Waals surface area contributed by atoms with Crippen LogP contribution in [0.25, 0.3) is 0 Å². The minimum atomic E-state index is -0.0198. The lowest BCUT2D eigenvalue weighted by Crippen LogP contribution is -2.34. The van der Waals surface area contributed by atoms with E-state index in [9.17, 15) is 4.79 Å². The summed E-state index contributed by atoms with van der Waals surface area (Å²) < 4.78 is 5.72. The van der Waals surface area contributed by atoms with Crippen LogP contribution in [0.4, 0.5) is 5.69 Å². The first-order chi connectivity index (χ1) is 8.99. The van der Waals surface area contributed by atoms with Gasteiger partial charge in [0.2, 0.25) is 5.91 Å². The van der Waals surface area contributed by atoms with E-state index >= 15 is 0 Å². The van der Waals surface area contributed by atoms with Gasteiger partial charge in [0.05, 0.1) is 18.8 Å². The Hall–Kier alpha value is -1.71. The van der Waals surface area contributed by atoms with Crippen LogP contribution in [0.2, 0.25) is 0 Å². The van der Waals surface area contributed by atoms with Crippen LogP contribution in [0.5, 0.6) is 5.75 Å². The minimum absolute atomic E-state index is 0.0198. The fraction of sp³-hybridized carbons (Fsp3) is 0.533. The number of carbonyl (C=O) groups is 1. The van der Waals surface area contributed by atoms with Gasteiger partial charge >= 0.3 is 0 Å². The summed E-state index contributed by atoms with van der Waals surface area (Å²) in [6.45, 7) is 9.00. The van der Waals surface area contributed by atoms with Crippen LogP contribution in [0, 0.1) is 5.92 Å². The van der Waals surface area contributed by atoms with Crippen LogP contribution in [0.3, 0.4) is 0 Å². The first-order valence-corrected chi connectivity index (χ1v) is 6.74. The van der Waals surface area contributed by atoms with E-state index in [-0.39, 0.29) is 18.5 Å². The standard InChI is InChI=1S/C15H24N2O2/c1-11(2)10-19-14-8-6-5-7-13(14)16-9-15(18)17-12(3)4/h5-8,11-12,16H,9-10H2,1-4H3,(H,17,18).